The van der Waals surface area contributed by atoms with Crippen LogP contribution in [0.5, 0.6) is 17.2 Å². The molecule has 2 aliphatic heterocycles. The first-order chi connectivity index (χ1) is 25.4. The molecule has 1 saturated carbocycles. The highest BCUT2D eigenvalue weighted by molar-refractivity contribution is 8.00. The second kappa shape index (κ2) is 13.0. The van der Waals surface area contributed by atoms with Gasteiger partial charge in [0.2, 0.25) is 10.9 Å². The Morgan fingerprint density at radius 3 is 1.85 bits per heavy atom. The molecule has 0 amide bonds. The van der Waals surface area contributed by atoms with Gasteiger partial charge in [-0.2, -0.15) is 0 Å². The molecule has 0 atom stereocenters. The molecule has 0 unspecified atom stereocenters. The number of nitrogens with zero attached hydrogens (tertiary/aromatic N) is 1. The molecule has 5 aromatic carbocycles. The van der Waals surface area contributed by atoms with E-state index in [9.17, 15) is 4.79 Å². The van der Waals surface area contributed by atoms with Crippen LogP contribution in [0.3, 0.4) is 0 Å². The molecule has 0 aromatic heterocycles. The summed E-state index contributed by atoms with van der Waals surface area (Å²) in [6.45, 7) is 10.2. The maximum atomic E-state index is 15.4. The summed E-state index contributed by atoms with van der Waals surface area (Å²) in [7, 11) is 5.01. The third-order valence-electron chi connectivity index (χ3n) is 12.0. The number of ether oxygens (including phenoxy) is 3. The van der Waals surface area contributed by atoms with Crippen LogP contribution in [0.2, 0.25) is 0 Å². The number of rotatable bonds is 8. The summed E-state index contributed by atoms with van der Waals surface area (Å²) in [4.78, 5) is 34.6. The van der Waals surface area contributed by atoms with E-state index in [1.54, 1.807) is 44.9 Å². The molecule has 0 radical (unpaired) electrons. The zero-order chi connectivity index (χ0) is 36.0. The monoisotopic (exact) mass is 738 g/mol. The van der Waals surface area contributed by atoms with Crippen LogP contribution in [0.4, 0.5) is 17.1 Å². The number of nitrogens with one attached hydrogen (secondary N) is 3. The highest BCUT2D eigenvalue weighted by atomic mass is 32.2. The van der Waals surface area contributed by atoms with Gasteiger partial charge in [0.05, 0.1) is 59.0 Å². The summed E-state index contributed by atoms with van der Waals surface area (Å²) in [6.07, 6.45) is 6.90. The third kappa shape index (κ3) is 4.67. The van der Waals surface area contributed by atoms with E-state index in [0.717, 1.165) is 139 Å². The normalized spacial score (nSPS) is 19.8. The van der Waals surface area contributed by atoms with Crippen molar-refractivity contribution in [3.8, 4) is 17.2 Å². The number of benzene rings is 5. The van der Waals surface area contributed by atoms with Crippen LogP contribution in [-0.2, 0) is 6.42 Å². The Kier molecular flexibility index (Phi) is 8.47. The van der Waals surface area contributed by atoms with Crippen molar-refractivity contribution in [1.82, 2.24) is 4.90 Å². The van der Waals surface area contributed by atoms with Gasteiger partial charge in [-0.3, -0.25) is 9.59 Å². The summed E-state index contributed by atoms with van der Waals surface area (Å²) < 4.78 is 18.8. The second-order valence-corrected chi connectivity index (χ2v) is 16.7. The fourth-order valence-corrected chi connectivity index (χ4v) is 11.9. The van der Waals surface area contributed by atoms with Crippen LogP contribution >= 0.6 is 23.5 Å². The Labute approximate surface area is 311 Å². The Morgan fingerprint density at radius 1 is 0.731 bits per heavy atom. The number of allylic oxidation sites excluding steroid dienone is 1. The highest BCUT2D eigenvalue weighted by Crippen LogP contribution is 2.59. The molecule has 0 bridgehead atoms. The van der Waals surface area contributed by atoms with Crippen LogP contribution in [-0.4, -0.2) is 76.0 Å². The summed E-state index contributed by atoms with van der Waals surface area (Å²) in [6, 6.07) is 0.761. The van der Waals surface area contributed by atoms with Crippen LogP contribution < -0.4 is 41.0 Å². The molecule has 9 rings (SSSR count). The summed E-state index contributed by atoms with van der Waals surface area (Å²) in [5.74, 6) is 3.43. The predicted octanol–water partition coefficient (Wildman–Crippen LogP) is 7.98. The van der Waals surface area contributed by atoms with Crippen LogP contribution in [0.15, 0.2) is 25.0 Å². The van der Waals surface area contributed by atoms with Gasteiger partial charge in [-0.15, -0.1) is 23.5 Å². The molecule has 1 fully saturated rings. The summed E-state index contributed by atoms with van der Waals surface area (Å²) in [5.41, 5.74) is 5.00. The first-order valence-corrected chi connectivity index (χ1v) is 20.7. The molecule has 5 aromatic rings. The summed E-state index contributed by atoms with van der Waals surface area (Å²) >= 11 is 3.41. The van der Waals surface area contributed by atoms with Gasteiger partial charge in [-0.25, -0.2) is 0 Å². The smallest absolute Gasteiger partial charge is 0.230 e. The Hall–Kier alpha value is -3.80. The lowest BCUT2D eigenvalue weighted by molar-refractivity contribution is 0.167. The van der Waals surface area contributed by atoms with E-state index in [0.29, 0.717) is 40.4 Å². The Balaban J connectivity index is 1.48. The van der Waals surface area contributed by atoms with E-state index >= 15 is 4.79 Å². The van der Waals surface area contributed by atoms with Crippen molar-refractivity contribution in [3.05, 3.63) is 37.1 Å². The van der Waals surface area contributed by atoms with E-state index in [4.69, 9.17) is 14.2 Å². The summed E-state index contributed by atoms with van der Waals surface area (Å²) in [5, 5.41) is 17.7. The zero-order valence-corrected chi connectivity index (χ0v) is 32.4. The van der Waals surface area contributed by atoms with E-state index in [2.05, 4.69) is 47.7 Å². The van der Waals surface area contributed by atoms with E-state index in [1.807, 2.05) is 0 Å². The van der Waals surface area contributed by atoms with Crippen molar-refractivity contribution in [1.29, 1.82) is 0 Å². The maximum absolute atomic E-state index is 15.4. The lowest BCUT2D eigenvalue weighted by Crippen LogP contribution is -2.40. The van der Waals surface area contributed by atoms with Gasteiger partial charge in [0.25, 0.3) is 0 Å². The average Bonchev–Trinajstić information content (AvgIpc) is 3.32. The molecule has 0 saturated heterocycles. The topological polar surface area (TPSA) is 101 Å². The SMILES string of the molecule is CCN(CC)C1CCC(Nc2c3c4c5c(c(OC)c(=O)c6c7c(c(OC)c(c8c(OC)c9c(c(c2=O)c48)NCCS9)c65)SCCN7)C=C(C)C3)CC1. The molecule has 9 nitrogen and oxygen atoms in total. The third-order valence-corrected chi connectivity index (χ3v) is 14.1. The van der Waals surface area contributed by atoms with Crippen molar-refractivity contribution in [2.24, 2.45) is 0 Å². The molecule has 11 heteroatoms. The van der Waals surface area contributed by atoms with Crippen LogP contribution in [0.1, 0.15) is 57.6 Å². The van der Waals surface area contributed by atoms with Crippen LogP contribution in [0.25, 0.3) is 49.2 Å². The number of hydrogen-bond donors (Lipinski definition) is 3. The van der Waals surface area contributed by atoms with E-state index in [-0.39, 0.29) is 16.9 Å². The fourth-order valence-electron chi connectivity index (χ4n) is 9.83. The highest BCUT2D eigenvalue weighted by Gasteiger charge is 2.37. The van der Waals surface area contributed by atoms with Crippen molar-refractivity contribution < 1.29 is 14.2 Å². The zero-order valence-electron chi connectivity index (χ0n) is 30.8. The predicted molar refractivity (Wildman–Crippen MR) is 219 cm³/mol. The van der Waals surface area contributed by atoms with Gasteiger partial charge < -0.3 is 35.1 Å². The van der Waals surface area contributed by atoms with Gasteiger partial charge in [-0.05, 0) is 63.1 Å². The number of fused-ring (bicyclic) bond motifs is 5. The van der Waals surface area contributed by atoms with Gasteiger partial charge in [-0.1, -0.05) is 25.5 Å². The van der Waals surface area contributed by atoms with Gasteiger partial charge in [0.15, 0.2) is 5.75 Å². The minimum Gasteiger partial charge on any atom is -0.495 e. The number of hydrogen-bond acceptors (Lipinski definition) is 11. The molecule has 4 aliphatic rings. The average molecular weight is 739 g/mol. The molecule has 3 N–H and O–H groups in total. The fraction of sp³-hybridized carbons (Fsp3) is 0.463. The van der Waals surface area contributed by atoms with Crippen molar-refractivity contribution in [3.63, 3.8) is 0 Å². The minimum absolute atomic E-state index is 0.0195. The Bertz CT molecular complexity index is 2440. The standard InChI is InChI=1S/C41H46N4O5S2/c1-7-45(8-2)21-11-9-20(10-12-21)44-32-22-17-19(3)18-23-25-24(22)26-28(38(49-5)40-33(30(26)35(32)46)42-13-15-51-40)29-27(25)31(36(47)37(23)48-4)34-41(39(29)50-6)52-16-14-43-34/h18,20-21,42-44H,7-17H2,1-6H3. The molecule has 2 aliphatic carbocycles. The van der Waals surface area contributed by atoms with Crippen molar-refractivity contribution in [2.45, 2.75) is 74.7 Å². The second-order valence-electron chi connectivity index (χ2n) is 14.5. The number of thioether (sulfide) groups is 2. The lowest BCUT2D eigenvalue weighted by atomic mass is 9.82. The molecule has 52 heavy (non-hydrogen) atoms. The van der Waals surface area contributed by atoms with E-state index in [1.165, 1.54) is 0 Å². The largest absolute Gasteiger partial charge is 0.495 e. The van der Waals surface area contributed by atoms with Gasteiger partial charge in [0, 0.05) is 69.2 Å². The van der Waals surface area contributed by atoms with Crippen molar-refractivity contribution in [2.75, 3.05) is 75.0 Å². The van der Waals surface area contributed by atoms with Gasteiger partial charge >= 0.3 is 0 Å². The Morgan fingerprint density at radius 2 is 1.29 bits per heavy atom. The van der Waals surface area contributed by atoms with Gasteiger partial charge in [0.1, 0.15) is 11.5 Å². The van der Waals surface area contributed by atoms with Crippen LogP contribution in [0, 0.1) is 0 Å². The van der Waals surface area contributed by atoms with E-state index < -0.39 is 0 Å². The molecular formula is C41H46N4O5S2. The minimum atomic E-state index is -0.143. The molecular weight excluding hydrogens is 693 g/mol. The first-order valence-electron chi connectivity index (χ1n) is 18.7. The first kappa shape index (κ1) is 34.0. The number of methoxy groups -OCH3 is 3. The maximum Gasteiger partial charge on any atom is 0.230 e. The molecule has 0 spiro atoms. The quantitative estimate of drug-likeness (QED) is 0.107. The lowest BCUT2D eigenvalue weighted by Gasteiger charge is -2.36. The number of anilines is 3. The molecule has 2 heterocycles. The molecule has 272 valence electrons. The van der Waals surface area contributed by atoms with Crippen molar-refractivity contribution >= 4 is 89.8 Å².